The van der Waals surface area contributed by atoms with Crippen molar-refractivity contribution in [2.75, 3.05) is 7.05 Å². The zero-order valence-electron chi connectivity index (χ0n) is 9.63. The molecule has 2 heterocycles. The fourth-order valence-corrected chi connectivity index (χ4v) is 2.66. The summed E-state index contributed by atoms with van der Waals surface area (Å²) in [5, 5.41) is 9.57. The van der Waals surface area contributed by atoms with E-state index >= 15 is 0 Å². The third-order valence-corrected chi connectivity index (χ3v) is 3.61. The average Bonchev–Trinajstić information content (AvgIpc) is 2.74. The highest BCUT2D eigenvalue weighted by Crippen LogP contribution is 2.23. The molecule has 94 valence electrons. The summed E-state index contributed by atoms with van der Waals surface area (Å²) in [5.41, 5.74) is 0.246. The summed E-state index contributed by atoms with van der Waals surface area (Å²) in [5.74, 6) is -0.363. The summed E-state index contributed by atoms with van der Waals surface area (Å²) in [6, 6.07) is 5.17. The quantitative estimate of drug-likeness (QED) is 0.942. The van der Waals surface area contributed by atoms with Crippen LogP contribution in [-0.2, 0) is 6.54 Å². The summed E-state index contributed by atoms with van der Waals surface area (Å²) in [6.45, 7) is 0.456. The highest BCUT2D eigenvalue weighted by atomic mass is 35.5. The lowest BCUT2D eigenvalue weighted by atomic mass is 10.2. The number of carbonyl (C=O) groups is 1. The van der Waals surface area contributed by atoms with E-state index in [1.54, 1.807) is 13.1 Å². The van der Waals surface area contributed by atoms with Crippen LogP contribution in [0.3, 0.4) is 0 Å². The molecule has 2 aromatic rings. The number of carbonyl (C=O) groups excluding carboxylic acids is 1. The van der Waals surface area contributed by atoms with Crippen LogP contribution in [0.4, 0.5) is 0 Å². The fourth-order valence-electron chi connectivity index (χ4n) is 1.51. The largest absolute Gasteiger partial charge is 0.505 e. The van der Waals surface area contributed by atoms with Gasteiger partial charge in [-0.3, -0.25) is 9.78 Å². The van der Waals surface area contributed by atoms with Gasteiger partial charge in [-0.2, -0.15) is 0 Å². The van der Waals surface area contributed by atoms with Gasteiger partial charge in [0.2, 0.25) is 0 Å². The van der Waals surface area contributed by atoms with Gasteiger partial charge in [-0.25, -0.2) is 0 Å². The van der Waals surface area contributed by atoms with E-state index in [0.717, 1.165) is 4.88 Å². The van der Waals surface area contributed by atoms with Crippen LogP contribution in [0.25, 0.3) is 0 Å². The van der Waals surface area contributed by atoms with E-state index in [4.69, 9.17) is 11.6 Å². The number of rotatable bonds is 3. The molecule has 0 radical (unpaired) electrons. The Morgan fingerprint density at radius 3 is 2.89 bits per heavy atom. The fraction of sp³-hybridized carbons (Fsp3) is 0.167. The molecule has 0 fully saturated rings. The average molecular weight is 283 g/mol. The molecule has 0 bridgehead atoms. The Hall–Kier alpha value is -1.59. The molecule has 1 amide bonds. The van der Waals surface area contributed by atoms with Gasteiger partial charge in [0.05, 0.1) is 22.6 Å². The van der Waals surface area contributed by atoms with Crippen LogP contribution in [0.5, 0.6) is 5.75 Å². The molecule has 4 nitrogen and oxygen atoms in total. The molecule has 0 unspecified atom stereocenters. The number of aromatic hydroxyl groups is 1. The van der Waals surface area contributed by atoms with Crippen molar-refractivity contribution in [3.63, 3.8) is 0 Å². The zero-order chi connectivity index (χ0) is 13.1. The number of hydrogen-bond acceptors (Lipinski definition) is 4. The normalized spacial score (nSPS) is 10.3. The number of amides is 1. The molecule has 0 saturated carbocycles. The Balaban J connectivity index is 2.12. The Kier molecular flexibility index (Phi) is 3.84. The maximum Gasteiger partial charge on any atom is 0.257 e. The maximum absolute atomic E-state index is 12.1. The second-order valence-corrected chi connectivity index (χ2v) is 5.56. The van der Waals surface area contributed by atoms with Crippen molar-refractivity contribution in [3.8, 4) is 5.75 Å². The lowest BCUT2D eigenvalue weighted by molar-refractivity contribution is 0.0783. The van der Waals surface area contributed by atoms with Gasteiger partial charge >= 0.3 is 0 Å². The number of pyridine rings is 1. The topological polar surface area (TPSA) is 53.4 Å². The lowest BCUT2D eigenvalue weighted by Gasteiger charge is -2.16. The van der Waals surface area contributed by atoms with Gasteiger partial charge in [0.1, 0.15) is 5.75 Å². The second kappa shape index (κ2) is 5.37. The minimum Gasteiger partial charge on any atom is -0.505 e. The van der Waals surface area contributed by atoms with Gasteiger partial charge in [-0.1, -0.05) is 11.6 Å². The van der Waals surface area contributed by atoms with Crippen LogP contribution in [-0.4, -0.2) is 27.9 Å². The van der Waals surface area contributed by atoms with Gasteiger partial charge in [0, 0.05) is 18.1 Å². The van der Waals surface area contributed by atoms with Crippen molar-refractivity contribution in [2.45, 2.75) is 6.54 Å². The molecule has 0 spiro atoms. The zero-order valence-corrected chi connectivity index (χ0v) is 11.2. The predicted molar refractivity (Wildman–Crippen MR) is 71.0 cm³/mol. The van der Waals surface area contributed by atoms with Gasteiger partial charge in [0.25, 0.3) is 5.91 Å². The highest BCUT2D eigenvalue weighted by molar-refractivity contribution is 7.16. The molecule has 2 rings (SSSR count). The number of aromatic nitrogens is 1. The summed E-state index contributed by atoms with van der Waals surface area (Å²) in [4.78, 5) is 18.3. The molecule has 6 heteroatoms. The van der Waals surface area contributed by atoms with E-state index in [-0.39, 0.29) is 17.2 Å². The first-order valence-corrected chi connectivity index (χ1v) is 6.40. The Morgan fingerprint density at radius 1 is 1.50 bits per heavy atom. The van der Waals surface area contributed by atoms with Crippen molar-refractivity contribution in [1.29, 1.82) is 0 Å². The lowest BCUT2D eigenvalue weighted by Crippen LogP contribution is -2.25. The molecule has 0 aliphatic heterocycles. The van der Waals surface area contributed by atoms with Crippen LogP contribution in [0.1, 0.15) is 15.2 Å². The summed E-state index contributed by atoms with van der Waals surface area (Å²) < 4.78 is 0.692. The van der Waals surface area contributed by atoms with Crippen molar-refractivity contribution < 1.29 is 9.90 Å². The molecule has 0 atom stereocenters. The van der Waals surface area contributed by atoms with Crippen LogP contribution in [0.15, 0.2) is 30.6 Å². The van der Waals surface area contributed by atoms with Crippen LogP contribution in [0.2, 0.25) is 4.34 Å². The first kappa shape index (κ1) is 12.9. The third kappa shape index (κ3) is 2.80. The summed E-state index contributed by atoms with van der Waals surface area (Å²) in [6.07, 6.45) is 2.73. The molecule has 0 aliphatic carbocycles. The molecular formula is C12H11ClN2O2S. The Labute approximate surface area is 113 Å². The Morgan fingerprint density at radius 2 is 2.28 bits per heavy atom. The first-order chi connectivity index (χ1) is 8.58. The standard InChI is InChI=1S/C12H11ClN2O2S/c1-15(7-8-2-3-11(13)18-8)12(17)9-4-5-14-6-10(9)16/h2-6,16H,7H2,1H3. The summed E-state index contributed by atoms with van der Waals surface area (Å²) in [7, 11) is 1.68. The molecular weight excluding hydrogens is 272 g/mol. The Bertz CT molecular complexity index is 571. The monoisotopic (exact) mass is 282 g/mol. The molecule has 0 aliphatic rings. The van der Waals surface area contributed by atoms with Crippen molar-refractivity contribution in [3.05, 3.63) is 45.4 Å². The van der Waals surface area contributed by atoms with E-state index < -0.39 is 0 Å². The van der Waals surface area contributed by atoms with E-state index in [9.17, 15) is 9.90 Å². The smallest absolute Gasteiger partial charge is 0.257 e. The number of halogens is 1. The molecule has 0 aromatic carbocycles. The first-order valence-electron chi connectivity index (χ1n) is 5.20. The number of nitrogens with zero attached hydrogens (tertiary/aromatic N) is 2. The predicted octanol–water partition coefficient (Wildman–Crippen LogP) is 2.77. The van der Waals surface area contributed by atoms with Crippen molar-refractivity contribution in [2.24, 2.45) is 0 Å². The van der Waals surface area contributed by atoms with Crippen LogP contribution < -0.4 is 0 Å². The van der Waals surface area contributed by atoms with Gasteiger partial charge < -0.3 is 10.0 Å². The van der Waals surface area contributed by atoms with Gasteiger partial charge in [-0.05, 0) is 18.2 Å². The molecule has 1 N–H and O–H groups in total. The van der Waals surface area contributed by atoms with Gasteiger partial charge in [-0.15, -0.1) is 11.3 Å². The number of hydrogen-bond donors (Lipinski definition) is 1. The molecule has 0 saturated heterocycles. The SMILES string of the molecule is CN(Cc1ccc(Cl)s1)C(=O)c1ccncc1O. The maximum atomic E-state index is 12.1. The molecule has 18 heavy (non-hydrogen) atoms. The van der Waals surface area contributed by atoms with Crippen LogP contribution >= 0.6 is 22.9 Å². The highest BCUT2D eigenvalue weighted by Gasteiger charge is 2.16. The minimum atomic E-state index is -0.251. The van der Waals surface area contributed by atoms with Gasteiger partial charge in [0.15, 0.2) is 0 Å². The van der Waals surface area contributed by atoms with Crippen molar-refractivity contribution >= 4 is 28.8 Å². The summed E-state index contributed by atoms with van der Waals surface area (Å²) >= 11 is 7.26. The van der Waals surface area contributed by atoms with E-state index in [1.807, 2.05) is 6.07 Å². The van der Waals surface area contributed by atoms with E-state index in [0.29, 0.717) is 10.9 Å². The molecule has 2 aromatic heterocycles. The third-order valence-electron chi connectivity index (χ3n) is 2.40. The number of thiophene rings is 1. The van der Waals surface area contributed by atoms with Crippen LogP contribution in [0, 0.1) is 0 Å². The minimum absolute atomic E-state index is 0.112. The van der Waals surface area contributed by atoms with Crippen molar-refractivity contribution in [1.82, 2.24) is 9.88 Å². The van der Waals surface area contributed by atoms with E-state index in [2.05, 4.69) is 4.98 Å². The second-order valence-electron chi connectivity index (χ2n) is 3.76. The van der Waals surface area contributed by atoms with E-state index in [1.165, 1.54) is 34.7 Å².